The second-order valence-corrected chi connectivity index (χ2v) is 4.93. The maximum atomic E-state index is 10.9. The first-order valence-corrected chi connectivity index (χ1v) is 6.11. The standard InChI is InChI=1S/C14H19NO2/c1-10(14(16)17)11(2)15-8-13(9-15)12-6-4-3-5-7-12/h3-7,10-11,13H,8-9H2,1-2H3,(H,16,17). The zero-order chi connectivity index (χ0) is 12.4. The predicted octanol–water partition coefficient (Wildman–Crippen LogP) is 2.20. The molecule has 2 atom stereocenters. The van der Waals surface area contributed by atoms with Crippen molar-refractivity contribution < 1.29 is 9.90 Å². The maximum absolute atomic E-state index is 10.9. The molecule has 3 nitrogen and oxygen atoms in total. The molecule has 1 saturated heterocycles. The van der Waals surface area contributed by atoms with E-state index in [2.05, 4.69) is 29.2 Å². The molecule has 1 fully saturated rings. The zero-order valence-electron chi connectivity index (χ0n) is 10.3. The average molecular weight is 233 g/mol. The van der Waals surface area contributed by atoms with E-state index in [-0.39, 0.29) is 12.0 Å². The van der Waals surface area contributed by atoms with Gasteiger partial charge in [-0.2, -0.15) is 0 Å². The van der Waals surface area contributed by atoms with E-state index in [1.165, 1.54) is 5.56 Å². The number of likely N-dealkylation sites (tertiary alicyclic amines) is 1. The number of hydrogen-bond acceptors (Lipinski definition) is 2. The van der Waals surface area contributed by atoms with Crippen molar-refractivity contribution in [3.05, 3.63) is 35.9 Å². The monoisotopic (exact) mass is 233 g/mol. The summed E-state index contributed by atoms with van der Waals surface area (Å²) in [7, 11) is 0. The van der Waals surface area contributed by atoms with Gasteiger partial charge in [-0.15, -0.1) is 0 Å². The predicted molar refractivity (Wildman–Crippen MR) is 67.0 cm³/mol. The largest absolute Gasteiger partial charge is 0.481 e. The SMILES string of the molecule is CC(C(=O)O)C(C)N1CC(c2ccccc2)C1. The molecule has 1 aromatic rings. The fourth-order valence-electron chi connectivity index (χ4n) is 2.30. The number of benzene rings is 1. The van der Waals surface area contributed by atoms with Gasteiger partial charge in [0.05, 0.1) is 5.92 Å². The topological polar surface area (TPSA) is 40.5 Å². The Morgan fingerprint density at radius 1 is 1.29 bits per heavy atom. The Labute approximate surface area is 102 Å². The number of hydrogen-bond donors (Lipinski definition) is 1. The first-order valence-electron chi connectivity index (χ1n) is 6.11. The normalized spacial score (nSPS) is 20.6. The summed E-state index contributed by atoms with van der Waals surface area (Å²) in [6.45, 7) is 5.73. The van der Waals surface area contributed by atoms with Crippen LogP contribution in [0.4, 0.5) is 0 Å². The van der Waals surface area contributed by atoms with Crippen LogP contribution in [0, 0.1) is 5.92 Å². The van der Waals surface area contributed by atoms with Crippen LogP contribution in [-0.2, 0) is 4.79 Å². The van der Waals surface area contributed by atoms with Crippen LogP contribution in [0.15, 0.2) is 30.3 Å². The molecular formula is C14H19NO2. The zero-order valence-corrected chi connectivity index (χ0v) is 10.3. The van der Waals surface area contributed by atoms with Gasteiger partial charge in [0.1, 0.15) is 0 Å². The summed E-state index contributed by atoms with van der Waals surface area (Å²) >= 11 is 0. The van der Waals surface area contributed by atoms with Gasteiger partial charge in [0.15, 0.2) is 0 Å². The first-order chi connectivity index (χ1) is 8.09. The molecule has 2 unspecified atom stereocenters. The quantitative estimate of drug-likeness (QED) is 0.866. The minimum absolute atomic E-state index is 0.118. The summed E-state index contributed by atoms with van der Waals surface area (Å²) in [5, 5.41) is 8.98. The molecule has 1 aliphatic heterocycles. The highest BCUT2D eigenvalue weighted by Gasteiger charge is 2.35. The number of carboxylic acid groups (broad SMARTS) is 1. The van der Waals surface area contributed by atoms with Gasteiger partial charge in [0.2, 0.25) is 0 Å². The van der Waals surface area contributed by atoms with Gasteiger partial charge >= 0.3 is 5.97 Å². The Balaban J connectivity index is 1.89. The van der Waals surface area contributed by atoms with Gasteiger partial charge in [-0.1, -0.05) is 37.3 Å². The molecule has 0 radical (unpaired) electrons. The van der Waals surface area contributed by atoms with E-state index in [9.17, 15) is 4.79 Å². The van der Waals surface area contributed by atoms with E-state index >= 15 is 0 Å². The van der Waals surface area contributed by atoms with Crippen LogP contribution in [0.5, 0.6) is 0 Å². The minimum atomic E-state index is -0.708. The fourth-order valence-corrected chi connectivity index (χ4v) is 2.30. The Bertz CT molecular complexity index is 384. The summed E-state index contributed by atoms with van der Waals surface area (Å²) in [4.78, 5) is 13.2. The summed E-state index contributed by atoms with van der Waals surface area (Å²) in [6, 6.07) is 10.5. The number of aliphatic carboxylic acids is 1. The highest BCUT2D eigenvalue weighted by molar-refractivity contribution is 5.70. The van der Waals surface area contributed by atoms with E-state index < -0.39 is 5.97 Å². The van der Waals surface area contributed by atoms with Crippen LogP contribution in [0.25, 0.3) is 0 Å². The summed E-state index contributed by atoms with van der Waals surface area (Å²) in [6.07, 6.45) is 0. The van der Waals surface area contributed by atoms with Crippen molar-refractivity contribution in [3.8, 4) is 0 Å². The van der Waals surface area contributed by atoms with Gasteiger partial charge in [-0.3, -0.25) is 9.69 Å². The van der Waals surface area contributed by atoms with Crippen LogP contribution in [0.2, 0.25) is 0 Å². The Morgan fingerprint density at radius 2 is 1.88 bits per heavy atom. The number of carbonyl (C=O) groups is 1. The van der Waals surface area contributed by atoms with Gasteiger partial charge in [-0.05, 0) is 12.5 Å². The van der Waals surface area contributed by atoms with Crippen LogP contribution >= 0.6 is 0 Å². The van der Waals surface area contributed by atoms with Gasteiger partial charge in [0.25, 0.3) is 0 Å². The molecule has 3 heteroatoms. The molecule has 0 aliphatic carbocycles. The van der Waals surface area contributed by atoms with Crippen molar-refractivity contribution in [1.29, 1.82) is 0 Å². The van der Waals surface area contributed by atoms with Gasteiger partial charge < -0.3 is 5.11 Å². The number of carboxylic acids is 1. The van der Waals surface area contributed by atoms with Crippen molar-refractivity contribution >= 4 is 5.97 Å². The van der Waals surface area contributed by atoms with Crippen molar-refractivity contribution in [1.82, 2.24) is 4.90 Å². The lowest BCUT2D eigenvalue weighted by Crippen LogP contribution is -2.52. The van der Waals surface area contributed by atoms with Gasteiger partial charge in [0, 0.05) is 25.0 Å². The molecule has 92 valence electrons. The molecular weight excluding hydrogens is 214 g/mol. The number of rotatable bonds is 4. The van der Waals surface area contributed by atoms with E-state index in [1.54, 1.807) is 6.92 Å². The van der Waals surface area contributed by atoms with Crippen LogP contribution in [0.1, 0.15) is 25.3 Å². The third-order valence-electron chi connectivity index (χ3n) is 3.87. The molecule has 17 heavy (non-hydrogen) atoms. The Morgan fingerprint density at radius 3 is 2.41 bits per heavy atom. The highest BCUT2D eigenvalue weighted by Crippen LogP contribution is 2.30. The average Bonchev–Trinajstić information content (AvgIpc) is 2.27. The molecule has 0 bridgehead atoms. The second kappa shape index (κ2) is 4.88. The molecule has 0 aromatic heterocycles. The molecule has 0 amide bonds. The van der Waals surface area contributed by atoms with E-state index in [0.717, 1.165) is 13.1 Å². The van der Waals surface area contributed by atoms with Crippen LogP contribution < -0.4 is 0 Å². The summed E-state index contributed by atoms with van der Waals surface area (Å²) in [5.74, 6) is -0.438. The number of nitrogens with zero attached hydrogens (tertiary/aromatic N) is 1. The first kappa shape index (κ1) is 12.1. The minimum Gasteiger partial charge on any atom is -0.481 e. The summed E-state index contributed by atoms with van der Waals surface area (Å²) < 4.78 is 0. The third kappa shape index (κ3) is 2.50. The van der Waals surface area contributed by atoms with Gasteiger partial charge in [-0.25, -0.2) is 0 Å². The van der Waals surface area contributed by atoms with E-state index in [4.69, 9.17) is 5.11 Å². The molecule has 1 N–H and O–H groups in total. The maximum Gasteiger partial charge on any atom is 0.307 e. The van der Waals surface area contributed by atoms with Crippen molar-refractivity contribution in [2.24, 2.45) is 5.92 Å². The second-order valence-electron chi connectivity index (χ2n) is 4.93. The Kier molecular flexibility index (Phi) is 3.48. The molecule has 1 aromatic carbocycles. The highest BCUT2D eigenvalue weighted by atomic mass is 16.4. The lowest BCUT2D eigenvalue weighted by atomic mass is 9.88. The fraction of sp³-hybridized carbons (Fsp3) is 0.500. The molecule has 1 heterocycles. The van der Waals surface area contributed by atoms with Crippen LogP contribution in [0.3, 0.4) is 0 Å². The lowest BCUT2D eigenvalue weighted by Gasteiger charge is -2.44. The van der Waals surface area contributed by atoms with Crippen molar-refractivity contribution in [3.63, 3.8) is 0 Å². The lowest BCUT2D eigenvalue weighted by molar-refractivity contribution is -0.144. The summed E-state index contributed by atoms with van der Waals surface area (Å²) in [5.41, 5.74) is 1.36. The smallest absolute Gasteiger partial charge is 0.307 e. The van der Waals surface area contributed by atoms with Crippen LogP contribution in [-0.4, -0.2) is 35.1 Å². The molecule has 1 aliphatic rings. The molecule has 0 saturated carbocycles. The van der Waals surface area contributed by atoms with Crippen molar-refractivity contribution in [2.45, 2.75) is 25.8 Å². The molecule has 2 rings (SSSR count). The van der Waals surface area contributed by atoms with Crippen molar-refractivity contribution in [2.75, 3.05) is 13.1 Å². The Hall–Kier alpha value is -1.35. The third-order valence-corrected chi connectivity index (χ3v) is 3.87. The van der Waals surface area contributed by atoms with E-state index in [1.807, 2.05) is 13.0 Å². The van der Waals surface area contributed by atoms with E-state index in [0.29, 0.717) is 5.92 Å². The molecule has 0 spiro atoms.